The summed E-state index contributed by atoms with van der Waals surface area (Å²) >= 11 is 0. The molecule has 0 spiro atoms. The van der Waals surface area contributed by atoms with E-state index >= 15 is 0 Å². The fourth-order valence-electron chi connectivity index (χ4n) is 1.88. The molecule has 1 heterocycles. The summed E-state index contributed by atoms with van der Waals surface area (Å²) < 4.78 is 5.58. The first-order valence-electron chi connectivity index (χ1n) is 6.42. The highest BCUT2D eigenvalue weighted by Crippen LogP contribution is 2.16. The normalized spacial score (nSPS) is 19.5. The van der Waals surface area contributed by atoms with Crippen molar-refractivity contribution in [3.63, 3.8) is 0 Å². The highest BCUT2D eigenvalue weighted by atomic mass is 35.5. The van der Waals surface area contributed by atoms with Gasteiger partial charge >= 0.3 is 0 Å². The minimum atomic E-state index is 0. The first kappa shape index (κ1) is 16.7. The predicted molar refractivity (Wildman–Crippen MR) is 71.6 cm³/mol. The van der Waals surface area contributed by atoms with Crippen molar-refractivity contribution in [1.29, 1.82) is 0 Å². The summed E-state index contributed by atoms with van der Waals surface area (Å²) in [5, 5.41) is 6.07. The molecule has 0 radical (unpaired) electrons. The SMILES string of the molecule is CCNCCNC(=O)CCC1CCCCO1.Cl. The average molecular weight is 265 g/mol. The van der Waals surface area contributed by atoms with E-state index in [2.05, 4.69) is 17.6 Å². The molecule has 1 saturated heterocycles. The Balaban J connectivity index is 0.00000256. The van der Waals surface area contributed by atoms with E-state index in [4.69, 9.17) is 4.74 Å². The summed E-state index contributed by atoms with van der Waals surface area (Å²) in [5.41, 5.74) is 0. The molecule has 0 saturated carbocycles. The van der Waals surface area contributed by atoms with Crippen LogP contribution >= 0.6 is 12.4 Å². The van der Waals surface area contributed by atoms with Crippen molar-refractivity contribution in [3.05, 3.63) is 0 Å². The fourth-order valence-corrected chi connectivity index (χ4v) is 1.88. The molecule has 0 aromatic heterocycles. The number of ether oxygens (including phenoxy) is 1. The van der Waals surface area contributed by atoms with E-state index in [0.29, 0.717) is 12.5 Å². The quantitative estimate of drug-likeness (QED) is 0.685. The molecule has 0 aromatic rings. The van der Waals surface area contributed by atoms with Gasteiger partial charge in [0.15, 0.2) is 0 Å². The summed E-state index contributed by atoms with van der Waals surface area (Å²) in [5.74, 6) is 0.145. The Morgan fingerprint density at radius 2 is 2.18 bits per heavy atom. The van der Waals surface area contributed by atoms with Crippen LogP contribution in [-0.4, -0.2) is 38.3 Å². The predicted octanol–water partition coefficient (Wildman–Crippen LogP) is 1.48. The van der Waals surface area contributed by atoms with Gasteiger partial charge in [0, 0.05) is 26.1 Å². The minimum absolute atomic E-state index is 0. The third-order valence-electron chi connectivity index (χ3n) is 2.84. The highest BCUT2D eigenvalue weighted by molar-refractivity contribution is 5.85. The van der Waals surface area contributed by atoms with Gasteiger partial charge in [0.25, 0.3) is 0 Å². The number of hydrogen-bond acceptors (Lipinski definition) is 3. The molecule has 1 fully saturated rings. The zero-order chi connectivity index (χ0) is 11.6. The van der Waals surface area contributed by atoms with Gasteiger partial charge in [0.1, 0.15) is 0 Å². The summed E-state index contributed by atoms with van der Waals surface area (Å²) in [7, 11) is 0. The molecule has 1 atom stereocenters. The van der Waals surface area contributed by atoms with Crippen LogP contribution in [0.25, 0.3) is 0 Å². The lowest BCUT2D eigenvalue weighted by atomic mass is 10.0. The molecule has 1 aliphatic rings. The fraction of sp³-hybridized carbons (Fsp3) is 0.917. The number of carbonyl (C=O) groups excluding carboxylic acids is 1. The summed E-state index contributed by atoms with van der Waals surface area (Å²) in [6, 6.07) is 0. The van der Waals surface area contributed by atoms with Crippen LogP contribution in [-0.2, 0) is 9.53 Å². The van der Waals surface area contributed by atoms with E-state index in [1.165, 1.54) is 12.8 Å². The zero-order valence-corrected chi connectivity index (χ0v) is 11.5. The highest BCUT2D eigenvalue weighted by Gasteiger charge is 2.14. The van der Waals surface area contributed by atoms with Crippen LogP contribution in [0.4, 0.5) is 0 Å². The Morgan fingerprint density at radius 1 is 1.35 bits per heavy atom. The van der Waals surface area contributed by atoms with Crippen LogP contribution in [0, 0.1) is 0 Å². The molecule has 1 rings (SSSR count). The van der Waals surface area contributed by atoms with Crippen LogP contribution in [0.5, 0.6) is 0 Å². The Hall–Kier alpha value is -0.320. The van der Waals surface area contributed by atoms with Crippen LogP contribution in [0.15, 0.2) is 0 Å². The van der Waals surface area contributed by atoms with Crippen LogP contribution in [0.1, 0.15) is 39.0 Å². The van der Waals surface area contributed by atoms with Gasteiger partial charge in [-0.3, -0.25) is 4.79 Å². The number of nitrogens with one attached hydrogen (secondary N) is 2. The Labute approximate surface area is 110 Å². The van der Waals surface area contributed by atoms with Crippen molar-refractivity contribution in [2.24, 2.45) is 0 Å². The first-order chi connectivity index (χ1) is 7.83. The maximum Gasteiger partial charge on any atom is 0.220 e. The molecule has 1 unspecified atom stereocenters. The molecule has 4 nitrogen and oxygen atoms in total. The molecule has 0 aromatic carbocycles. The third kappa shape index (κ3) is 8.41. The van der Waals surface area contributed by atoms with Gasteiger partial charge in [0.05, 0.1) is 6.10 Å². The number of carbonyl (C=O) groups is 1. The van der Waals surface area contributed by atoms with Crippen molar-refractivity contribution in [1.82, 2.24) is 10.6 Å². The van der Waals surface area contributed by atoms with Gasteiger partial charge in [-0.1, -0.05) is 6.92 Å². The van der Waals surface area contributed by atoms with E-state index in [-0.39, 0.29) is 18.3 Å². The lowest BCUT2D eigenvalue weighted by molar-refractivity contribution is -0.122. The van der Waals surface area contributed by atoms with E-state index in [1.54, 1.807) is 0 Å². The molecule has 17 heavy (non-hydrogen) atoms. The van der Waals surface area contributed by atoms with E-state index in [1.807, 2.05) is 0 Å². The van der Waals surface area contributed by atoms with Gasteiger partial charge in [-0.15, -0.1) is 12.4 Å². The van der Waals surface area contributed by atoms with Gasteiger partial charge in [-0.25, -0.2) is 0 Å². The summed E-state index contributed by atoms with van der Waals surface area (Å²) in [6.45, 7) is 5.45. The number of amides is 1. The van der Waals surface area contributed by atoms with Crippen molar-refractivity contribution in [2.75, 3.05) is 26.2 Å². The monoisotopic (exact) mass is 264 g/mol. The van der Waals surface area contributed by atoms with Crippen LogP contribution in [0.2, 0.25) is 0 Å². The number of hydrogen-bond donors (Lipinski definition) is 2. The molecule has 1 aliphatic heterocycles. The van der Waals surface area contributed by atoms with Crippen molar-refractivity contribution < 1.29 is 9.53 Å². The number of likely N-dealkylation sites (N-methyl/N-ethyl adjacent to an activating group) is 1. The zero-order valence-electron chi connectivity index (χ0n) is 10.7. The van der Waals surface area contributed by atoms with Crippen molar-refractivity contribution >= 4 is 18.3 Å². The minimum Gasteiger partial charge on any atom is -0.378 e. The topological polar surface area (TPSA) is 50.4 Å². The molecule has 1 amide bonds. The number of rotatable bonds is 7. The summed E-state index contributed by atoms with van der Waals surface area (Å²) in [6.07, 6.45) is 5.31. The van der Waals surface area contributed by atoms with Crippen molar-refractivity contribution in [3.8, 4) is 0 Å². The molecule has 0 bridgehead atoms. The number of halogens is 1. The summed E-state index contributed by atoms with van der Waals surface area (Å²) in [4.78, 5) is 11.5. The second-order valence-corrected chi connectivity index (χ2v) is 4.23. The lowest BCUT2D eigenvalue weighted by Gasteiger charge is -2.22. The van der Waals surface area contributed by atoms with E-state index < -0.39 is 0 Å². The maximum absolute atomic E-state index is 11.5. The molecule has 2 N–H and O–H groups in total. The second kappa shape index (κ2) is 10.8. The lowest BCUT2D eigenvalue weighted by Crippen LogP contribution is -2.32. The Bertz CT molecular complexity index is 197. The largest absolute Gasteiger partial charge is 0.378 e. The van der Waals surface area contributed by atoms with Gasteiger partial charge in [-0.05, 0) is 32.2 Å². The van der Waals surface area contributed by atoms with E-state index in [0.717, 1.165) is 39.1 Å². The standard InChI is InChI=1S/C12H24N2O2.ClH/c1-2-13-8-9-14-12(15)7-6-11-5-3-4-10-16-11;/h11,13H,2-10H2,1H3,(H,14,15);1H. The third-order valence-corrected chi connectivity index (χ3v) is 2.84. The van der Waals surface area contributed by atoms with Crippen LogP contribution < -0.4 is 10.6 Å². The van der Waals surface area contributed by atoms with Gasteiger partial charge in [0.2, 0.25) is 5.91 Å². The maximum atomic E-state index is 11.5. The van der Waals surface area contributed by atoms with Gasteiger partial charge in [-0.2, -0.15) is 0 Å². The Kier molecular flexibility index (Phi) is 10.6. The smallest absolute Gasteiger partial charge is 0.220 e. The Morgan fingerprint density at radius 3 is 2.82 bits per heavy atom. The van der Waals surface area contributed by atoms with Crippen molar-refractivity contribution in [2.45, 2.75) is 45.1 Å². The molecule has 102 valence electrons. The van der Waals surface area contributed by atoms with Crippen LogP contribution in [0.3, 0.4) is 0 Å². The molecular weight excluding hydrogens is 240 g/mol. The first-order valence-corrected chi connectivity index (χ1v) is 6.42. The average Bonchev–Trinajstić information content (AvgIpc) is 2.33. The van der Waals surface area contributed by atoms with Gasteiger partial charge < -0.3 is 15.4 Å². The van der Waals surface area contributed by atoms with E-state index in [9.17, 15) is 4.79 Å². The second-order valence-electron chi connectivity index (χ2n) is 4.23. The molecular formula is C12H25ClN2O2. The molecule has 0 aliphatic carbocycles. The molecule has 5 heteroatoms.